The summed E-state index contributed by atoms with van der Waals surface area (Å²) in [5.41, 5.74) is 6.16. The van der Waals surface area contributed by atoms with Gasteiger partial charge in [-0.1, -0.05) is 24.8 Å². The minimum atomic E-state index is -0.0669. The van der Waals surface area contributed by atoms with Gasteiger partial charge in [0.05, 0.1) is 17.2 Å². The van der Waals surface area contributed by atoms with Crippen molar-refractivity contribution < 1.29 is 9.59 Å². The SMILES string of the molecule is C=CC(=O)N1CC(c2cc3ccc(-c4c(C)ccc5[nH]ncc45)cc3n2C(C)=O)C1. The van der Waals surface area contributed by atoms with Crippen molar-refractivity contribution in [2.45, 2.75) is 19.8 Å². The highest BCUT2D eigenvalue weighted by molar-refractivity contribution is 6.00. The second kappa shape index (κ2) is 6.69. The summed E-state index contributed by atoms with van der Waals surface area (Å²) >= 11 is 0. The van der Waals surface area contributed by atoms with Gasteiger partial charge in [0.2, 0.25) is 11.8 Å². The summed E-state index contributed by atoms with van der Waals surface area (Å²) in [6, 6.07) is 12.4. The van der Waals surface area contributed by atoms with E-state index in [0.717, 1.165) is 44.2 Å². The molecule has 4 aromatic rings. The van der Waals surface area contributed by atoms with Crippen molar-refractivity contribution >= 4 is 33.6 Å². The van der Waals surface area contributed by atoms with E-state index in [1.165, 1.54) is 6.08 Å². The topological polar surface area (TPSA) is 71.0 Å². The Morgan fingerprint density at radius 2 is 2.00 bits per heavy atom. The minimum absolute atomic E-state index is 0.0242. The second-order valence-corrected chi connectivity index (χ2v) is 7.93. The van der Waals surface area contributed by atoms with Crippen LogP contribution in [0.4, 0.5) is 0 Å². The Morgan fingerprint density at radius 3 is 2.73 bits per heavy atom. The van der Waals surface area contributed by atoms with Crippen LogP contribution in [0.2, 0.25) is 0 Å². The zero-order valence-electron chi connectivity index (χ0n) is 17.0. The number of hydrogen-bond donors (Lipinski definition) is 1. The molecule has 1 aliphatic heterocycles. The number of H-pyrrole nitrogens is 1. The molecule has 1 amide bonds. The fourth-order valence-corrected chi connectivity index (χ4v) is 4.51. The van der Waals surface area contributed by atoms with Crippen LogP contribution in [0.15, 0.2) is 55.3 Å². The standard InChI is InChI=1S/C24H22N4O2/c1-4-23(30)27-12-18(13-27)22-9-16-6-7-17(10-21(16)28(22)15(3)29)24-14(2)5-8-20-19(24)11-25-26-20/h4-11,18H,1,12-13H2,2-3H3,(H,25,26). The number of benzene rings is 2. The van der Waals surface area contributed by atoms with Crippen LogP contribution in [0, 0.1) is 6.92 Å². The monoisotopic (exact) mass is 398 g/mol. The van der Waals surface area contributed by atoms with Crippen LogP contribution in [-0.2, 0) is 4.79 Å². The van der Waals surface area contributed by atoms with Crippen LogP contribution in [0.5, 0.6) is 0 Å². The number of aromatic amines is 1. The van der Waals surface area contributed by atoms with E-state index in [1.807, 2.05) is 12.3 Å². The molecule has 0 radical (unpaired) electrons. The lowest BCUT2D eigenvalue weighted by Crippen LogP contribution is -2.48. The lowest BCUT2D eigenvalue weighted by atomic mass is 9.95. The molecule has 6 nitrogen and oxygen atoms in total. The highest BCUT2D eigenvalue weighted by Crippen LogP contribution is 2.36. The molecule has 3 heterocycles. The summed E-state index contributed by atoms with van der Waals surface area (Å²) < 4.78 is 1.80. The van der Waals surface area contributed by atoms with Gasteiger partial charge in [-0.3, -0.25) is 19.3 Å². The molecule has 1 aliphatic rings. The van der Waals surface area contributed by atoms with E-state index in [1.54, 1.807) is 16.4 Å². The van der Waals surface area contributed by atoms with Gasteiger partial charge in [0, 0.05) is 42.4 Å². The first kappa shape index (κ1) is 18.4. The van der Waals surface area contributed by atoms with E-state index < -0.39 is 0 Å². The van der Waals surface area contributed by atoms with Crippen LogP contribution in [0.3, 0.4) is 0 Å². The van der Waals surface area contributed by atoms with E-state index in [4.69, 9.17) is 0 Å². The summed E-state index contributed by atoms with van der Waals surface area (Å²) in [5, 5.41) is 9.30. The smallest absolute Gasteiger partial charge is 0.245 e. The number of rotatable bonds is 3. The lowest BCUT2D eigenvalue weighted by Gasteiger charge is -2.38. The molecule has 0 unspecified atom stereocenters. The summed E-state index contributed by atoms with van der Waals surface area (Å²) in [6.07, 6.45) is 3.18. The fraction of sp³-hybridized carbons (Fsp3) is 0.208. The molecule has 1 N–H and O–H groups in total. The molecule has 6 heteroatoms. The Bertz CT molecular complexity index is 1340. The largest absolute Gasteiger partial charge is 0.338 e. The molecule has 150 valence electrons. The van der Waals surface area contributed by atoms with E-state index in [0.29, 0.717) is 13.1 Å². The van der Waals surface area contributed by atoms with Gasteiger partial charge in [-0.05, 0) is 47.9 Å². The van der Waals surface area contributed by atoms with Crippen LogP contribution >= 0.6 is 0 Å². The number of carbonyl (C=O) groups is 2. The first-order valence-corrected chi connectivity index (χ1v) is 9.98. The average molecular weight is 398 g/mol. The third-order valence-corrected chi connectivity index (χ3v) is 6.06. The Hall–Kier alpha value is -3.67. The normalized spacial score (nSPS) is 14.3. The predicted octanol–water partition coefficient (Wildman–Crippen LogP) is 4.26. The third-order valence-electron chi connectivity index (χ3n) is 6.06. The number of likely N-dealkylation sites (tertiary alicyclic amines) is 1. The van der Waals surface area contributed by atoms with E-state index in [2.05, 4.69) is 54.0 Å². The molecule has 1 fully saturated rings. The van der Waals surface area contributed by atoms with Gasteiger partial charge in [-0.2, -0.15) is 5.10 Å². The van der Waals surface area contributed by atoms with E-state index in [-0.39, 0.29) is 17.7 Å². The zero-order valence-corrected chi connectivity index (χ0v) is 17.0. The molecule has 2 aromatic carbocycles. The Labute approximate surface area is 173 Å². The number of amides is 1. The molecule has 0 saturated carbocycles. The van der Waals surface area contributed by atoms with Gasteiger partial charge in [-0.25, -0.2) is 0 Å². The Kier molecular flexibility index (Phi) is 4.10. The van der Waals surface area contributed by atoms with Crippen molar-refractivity contribution in [2.24, 2.45) is 0 Å². The molecule has 0 bridgehead atoms. The van der Waals surface area contributed by atoms with Gasteiger partial charge in [0.15, 0.2) is 0 Å². The predicted molar refractivity (Wildman–Crippen MR) is 118 cm³/mol. The molecule has 30 heavy (non-hydrogen) atoms. The molecule has 5 rings (SSSR count). The van der Waals surface area contributed by atoms with Gasteiger partial charge < -0.3 is 4.90 Å². The first-order chi connectivity index (χ1) is 14.5. The van der Waals surface area contributed by atoms with Crippen molar-refractivity contribution in [2.75, 3.05) is 13.1 Å². The van der Waals surface area contributed by atoms with Gasteiger partial charge >= 0.3 is 0 Å². The average Bonchev–Trinajstić information content (AvgIpc) is 3.30. The summed E-state index contributed by atoms with van der Waals surface area (Å²) in [5.74, 6) is 0.0549. The molecular weight excluding hydrogens is 376 g/mol. The maximum atomic E-state index is 12.6. The second-order valence-electron chi connectivity index (χ2n) is 7.93. The van der Waals surface area contributed by atoms with Gasteiger partial charge in [-0.15, -0.1) is 0 Å². The quantitative estimate of drug-likeness (QED) is 0.524. The molecule has 1 saturated heterocycles. The van der Waals surface area contributed by atoms with Gasteiger partial charge in [0.25, 0.3) is 0 Å². The van der Waals surface area contributed by atoms with Crippen LogP contribution < -0.4 is 0 Å². The Balaban J connectivity index is 1.63. The van der Waals surface area contributed by atoms with Gasteiger partial charge in [0.1, 0.15) is 0 Å². The maximum absolute atomic E-state index is 12.6. The molecular formula is C24H22N4O2. The molecule has 0 spiro atoms. The van der Waals surface area contributed by atoms with E-state index >= 15 is 0 Å². The number of nitrogens with one attached hydrogen (secondary N) is 1. The number of aryl methyl sites for hydroxylation is 1. The number of nitrogens with zero attached hydrogens (tertiary/aromatic N) is 3. The number of hydrogen-bond acceptors (Lipinski definition) is 3. The lowest BCUT2D eigenvalue weighted by molar-refractivity contribution is -0.130. The van der Waals surface area contributed by atoms with Crippen molar-refractivity contribution in [3.05, 3.63) is 66.5 Å². The highest BCUT2D eigenvalue weighted by atomic mass is 16.2. The number of aromatic nitrogens is 3. The van der Waals surface area contributed by atoms with Crippen molar-refractivity contribution in [1.82, 2.24) is 19.7 Å². The minimum Gasteiger partial charge on any atom is -0.338 e. The summed E-state index contributed by atoms with van der Waals surface area (Å²) in [7, 11) is 0. The maximum Gasteiger partial charge on any atom is 0.245 e. The summed E-state index contributed by atoms with van der Waals surface area (Å²) in [4.78, 5) is 26.1. The molecule has 0 aliphatic carbocycles. The highest BCUT2D eigenvalue weighted by Gasteiger charge is 2.33. The van der Waals surface area contributed by atoms with Crippen LogP contribution in [0.25, 0.3) is 32.9 Å². The molecule has 2 aromatic heterocycles. The molecule has 0 atom stereocenters. The van der Waals surface area contributed by atoms with Crippen LogP contribution in [-0.4, -0.2) is 44.6 Å². The van der Waals surface area contributed by atoms with Crippen molar-refractivity contribution in [3.63, 3.8) is 0 Å². The van der Waals surface area contributed by atoms with Crippen molar-refractivity contribution in [1.29, 1.82) is 0 Å². The van der Waals surface area contributed by atoms with E-state index in [9.17, 15) is 9.59 Å². The number of carbonyl (C=O) groups excluding carboxylic acids is 2. The fourth-order valence-electron chi connectivity index (χ4n) is 4.51. The third kappa shape index (κ3) is 2.68. The van der Waals surface area contributed by atoms with Crippen molar-refractivity contribution in [3.8, 4) is 11.1 Å². The zero-order chi connectivity index (χ0) is 21.0. The summed E-state index contributed by atoms with van der Waals surface area (Å²) in [6.45, 7) is 8.43. The first-order valence-electron chi connectivity index (χ1n) is 9.98. The van der Waals surface area contributed by atoms with Crippen LogP contribution in [0.1, 0.15) is 28.9 Å². The number of fused-ring (bicyclic) bond motifs is 2. The Morgan fingerprint density at radius 1 is 1.20 bits per heavy atom.